The van der Waals surface area contributed by atoms with Crippen molar-refractivity contribution >= 4 is 5.91 Å². The zero-order valence-electron chi connectivity index (χ0n) is 15.4. The maximum absolute atomic E-state index is 12.9. The Bertz CT molecular complexity index is 772. The molecule has 2 aliphatic rings. The summed E-state index contributed by atoms with van der Waals surface area (Å²) in [6, 6.07) is 10.6. The van der Waals surface area contributed by atoms with Gasteiger partial charge in [-0.05, 0) is 30.7 Å². The summed E-state index contributed by atoms with van der Waals surface area (Å²) in [5.74, 6) is 0.863. The first-order valence-electron chi connectivity index (χ1n) is 9.31. The summed E-state index contributed by atoms with van der Waals surface area (Å²) in [6.45, 7) is 1.54. The van der Waals surface area contributed by atoms with Crippen LogP contribution in [0.25, 0.3) is 0 Å². The molecule has 1 aromatic heterocycles. The van der Waals surface area contributed by atoms with Gasteiger partial charge in [0.15, 0.2) is 0 Å². The van der Waals surface area contributed by atoms with E-state index in [0.717, 1.165) is 37.1 Å². The summed E-state index contributed by atoms with van der Waals surface area (Å²) in [4.78, 5) is 14.5. The molecule has 0 spiro atoms. The largest absolute Gasteiger partial charge is 0.343 e. The predicted molar refractivity (Wildman–Crippen MR) is 98.6 cm³/mol. The quantitative estimate of drug-likeness (QED) is 0.868. The van der Waals surface area contributed by atoms with Gasteiger partial charge in [0, 0.05) is 32.6 Å². The number of amides is 1. The molecule has 2 N–H and O–H groups in total. The van der Waals surface area contributed by atoms with Crippen LogP contribution in [0.5, 0.6) is 0 Å². The fourth-order valence-electron chi connectivity index (χ4n) is 4.15. The topological polar surface area (TPSA) is 75.1 Å². The number of hydrogen-bond donors (Lipinski definition) is 2. The number of nitrogens with zero attached hydrogens (tertiary/aromatic N) is 4. The maximum atomic E-state index is 12.9. The van der Waals surface area contributed by atoms with Crippen molar-refractivity contribution in [1.82, 2.24) is 30.7 Å². The fourth-order valence-corrected chi connectivity index (χ4v) is 4.15. The number of carbonyl (C=O) groups excluding carboxylic acids is 1. The number of nitrogens with one attached hydrogen (secondary N) is 2. The lowest BCUT2D eigenvalue weighted by molar-refractivity contribution is 0.0813. The van der Waals surface area contributed by atoms with Gasteiger partial charge in [-0.15, -0.1) is 5.10 Å². The number of aromatic nitrogens is 3. The van der Waals surface area contributed by atoms with Crippen LogP contribution in [0.4, 0.5) is 0 Å². The van der Waals surface area contributed by atoms with Gasteiger partial charge in [-0.3, -0.25) is 15.6 Å². The van der Waals surface area contributed by atoms with Gasteiger partial charge in [0.25, 0.3) is 5.91 Å². The van der Waals surface area contributed by atoms with Gasteiger partial charge in [-0.2, -0.15) is 0 Å². The van der Waals surface area contributed by atoms with Crippen molar-refractivity contribution in [2.24, 2.45) is 5.92 Å². The molecule has 2 heterocycles. The zero-order valence-corrected chi connectivity index (χ0v) is 15.4. The number of fused-ring (bicyclic) bond motifs is 1. The fraction of sp³-hybridized carbons (Fsp3) is 0.526. The van der Waals surface area contributed by atoms with E-state index in [4.69, 9.17) is 0 Å². The van der Waals surface area contributed by atoms with Crippen LogP contribution in [0.2, 0.25) is 0 Å². The molecule has 7 heteroatoms. The highest BCUT2D eigenvalue weighted by Gasteiger charge is 2.37. The molecular weight excluding hydrogens is 328 g/mol. The van der Waals surface area contributed by atoms with Crippen molar-refractivity contribution in [2.75, 3.05) is 20.6 Å². The third-order valence-corrected chi connectivity index (χ3v) is 5.57. The average molecular weight is 354 g/mol. The molecular formula is C19H26N6O. The Morgan fingerprint density at radius 3 is 2.85 bits per heavy atom. The Morgan fingerprint density at radius 1 is 1.27 bits per heavy atom. The minimum absolute atomic E-state index is 0.0225. The smallest absolute Gasteiger partial charge is 0.273 e. The maximum Gasteiger partial charge on any atom is 0.273 e. The first-order chi connectivity index (χ1) is 12.6. The third-order valence-electron chi connectivity index (χ3n) is 5.57. The van der Waals surface area contributed by atoms with Gasteiger partial charge in [-0.1, -0.05) is 35.5 Å². The van der Waals surface area contributed by atoms with Crippen LogP contribution in [0.3, 0.4) is 0 Å². The van der Waals surface area contributed by atoms with Gasteiger partial charge in [0.2, 0.25) is 0 Å². The van der Waals surface area contributed by atoms with E-state index in [2.05, 4.69) is 21.2 Å². The van der Waals surface area contributed by atoms with E-state index in [0.29, 0.717) is 30.1 Å². The molecule has 0 bridgehead atoms. The highest BCUT2D eigenvalue weighted by atomic mass is 16.2. The van der Waals surface area contributed by atoms with Crippen LogP contribution >= 0.6 is 0 Å². The van der Waals surface area contributed by atoms with Crippen LogP contribution in [-0.4, -0.2) is 52.5 Å². The summed E-state index contributed by atoms with van der Waals surface area (Å²) in [6.07, 6.45) is 3.18. The molecule has 138 valence electrons. The van der Waals surface area contributed by atoms with Gasteiger partial charge in [-0.25, -0.2) is 4.68 Å². The lowest BCUT2D eigenvalue weighted by atomic mass is 9.77. The second-order valence-electron chi connectivity index (χ2n) is 7.57. The van der Waals surface area contributed by atoms with Crippen LogP contribution in [-0.2, 0) is 6.54 Å². The Kier molecular flexibility index (Phi) is 4.74. The molecule has 2 fully saturated rings. The first kappa shape index (κ1) is 17.2. The van der Waals surface area contributed by atoms with Gasteiger partial charge >= 0.3 is 0 Å². The molecule has 1 saturated carbocycles. The molecule has 1 aromatic carbocycles. The number of rotatable bonds is 4. The molecule has 4 rings (SSSR count). The van der Waals surface area contributed by atoms with Gasteiger partial charge in [0.05, 0.1) is 12.2 Å². The second-order valence-corrected chi connectivity index (χ2v) is 7.57. The van der Waals surface area contributed by atoms with Crippen molar-refractivity contribution in [3.05, 3.63) is 47.3 Å². The van der Waals surface area contributed by atoms with Crippen molar-refractivity contribution in [1.29, 1.82) is 0 Å². The minimum Gasteiger partial charge on any atom is -0.343 e. The molecule has 1 aliphatic carbocycles. The van der Waals surface area contributed by atoms with Crippen molar-refractivity contribution in [3.63, 3.8) is 0 Å². The van der Waals surface area contributed by atoms with Crippen LogP contribution in [0.15, 0.2) is 30.3 Å². The first-order valence-corrected chi connectivity index (χ1v) is 9.31. The van der Waals surface area contributed by atoms with Crippen molar-refractivity contribution in [3.8, 4) is 0 Å². The molecule has 1 saturated heterocycles. The minimum atomic E-state index is -0.0225. The van der Waals surface area contributed by atoms with E-state index in [1.165, 1.54) is 0 Å². The molecule has 0 radical (unpaired) electrons. The van der Waals surface area contributed by atoms with E-state index in [9.17, 15) is 4.79 Å². The van der Waals surface area contributed by atoms with Crippen LogP contribution < -0.4 is 10.9 Å². The summed E-state index contributed by atoms with van der Waals surface area (Å²) in [5, 5.41) is 8.84. The van der Waals surface area contributed by atoms with E-state index in [1.54, 1.807) is 23.7 Å². The highest BCUT2D eigenvalue weighted by Crippen LogP contribution is 2.38. The molecule has 3 unspecified atom stereocenters. The van der Waals surface area contributed by atoms with E-state index in [1.807, 2.05) is 30.3 Å². The number of carbonyl (C=O) groups is 1. The summed E-state index contributed by atoms with van der Waals surface area (Å²) in [7, 11) is 3.57. The lowest BCUT2D eigenvalue weighted by Crippen LogP contribution is -2.35. The molecule has 2 aromatic rings. The van der Waals surface area contributed by atoms with Crippen LogP contribution in [0, 0.1) is 5.92 Å². The molecule has 1 amide bonds. The standard InChI is InChI=1S/C19H26N6O/c1-24(2)19(26)18-17(14-8-9-16-15(10-14)11-20-21-16)22-23-25(18)12-13-6-4-3-5-7-13/h3-7,14-16,20-21H,8-12H2,1-2H3. The summed E-state index contributed by atoms with van der Waals surface area (Å²) in [5.41, 5.74) is 9.24. The SMILES string of the molecule is CN(C)C(=O)c1c(C2CCC3NNCC3C2)nnn1Cc1ccccc1. The van der Waals surface area contributed by atoms with E-state index >= 15 is 0 Å². The number of hydrogen-bond acceptors (Lipinski definition) is 5. The molecule has 3 atom stereocenters. The number of hydrazine groups is 1. The van der Waals surface area contributed by atoms with E-state index in [-0.39, 0.29) is 5.91 Å². The van der Waals surface area contributed by atoms with Gasteiger partial charge < -0.3 is 4.90 Å². The average Bonchev–Trinajstić information content (AvgIpc) is 3.28. The van der Waals surface area contributed by atoms with Crippen LogP contribution in [0.1, 0.15) is 46.9 Å². The monoisotopic (exact) mass is 354 g/mol. The normalized spacial score (nSPS) is 25.1. The molecule has 26 heavy (non-hydrogen) atoms. The van der Waals surface area contributed by atoms with Gasteiger partial charge in [0.1, 0.15) is 5.69 Å². The van der Waals surface area contributed by atoms with Crippen molar-refractivity contribution < 1.29 is 4.79 Å². The Balaban J connectivity index is 1.65. The summed E-state index contributed by atoms with van der Waals surface area (Å²) < 4.78 is 1.77. The lowest BCUT2D eigenvalue weighted by Gasteiger charge is -2.30. The second kappa shape index (κ2) is 7.17. The van der Waals surface area contributed by atoms with E-state index < -0.39 is 0 Å². The third kappa shape index (κ3) is 3.24. The highest BCUT2D eigenvalue weighted by molar-refractivity contribution is 5.93. The summed E-state index contributed by atoms with van der Waals surface area (Å²) >= 11 is 0. The zero-order chi connectivity index (χ0) is 18.1. The molecule has 7 nitrogen and oxygen atoms in total. The molecule has 1 aliphatic heterocycles. The Labute approximate surface area is 153 Å². The Hall–Kier alpha value is -2.25. The van der Waals surface area contributed by atoms with Crippen molar-refractivity contribution in [2.45, 2.75) is 37.8 Å². The Morgan fingerprint density at radius 2 is 2.08 bits per heavy atom. The predicted octanol–water partition coefficient (Wildman–Crippen LogP) is 1.39. The number of benzene rings is 1.